The smallest absolute Gasteiger partial charge is 0.238 e. The first kappa shape index (κ1) is 13.4. The Bertz CT molecular complexity index is 474. The van der Waals surface area contributed by atoms with Crippen molar-refractivity contribution < 1.29 is 14.3 Å². The number of carbonyl (C=O) groups excluding carboxylic acids is 1. The number of ether oxygens (including phenoxy) is 2. The predicted molar refractivity (Wildman–Crippen MR) is 73.7 cm³/mol. The largest absolute Gasteiger partial charge is 0.486 e. The third-order valence-corrected chi connectivity index (χ3v) is 2.76. The lowest BCUT2D eigenvalue weighted by Crippen LogP contribution is -2.33. The van der Waals surface area contributed by atoms with Gasteiger partial charge in [-0.1, -0.05) is 6.08 Å². The van der Waals surface area contributed by atoms with Crippen molar-refractivity contribution in [3.05, 3.63) is 30.9 Å². The molecule has 0 aromatic heterocycles. The molecule has 2 rings (SSSR count). The summed E-state index contributed by atoms with van der Waals surface area (Å²) in [6, 6.07) is 5.46. The van der Waals surface area contributed by atoms with Gasteiger partial charge in [0.2, 0.25) is 5.91 Å². The molecule has 1 aliphatic rings. The van der Waals surface area contributed by atoms with Gasteiger partial charge in [-0.3, -0.25) is 4.79 Å². The molecule has 1 atom stereocenters. The highest BCUT2D eigenvalue weighted by atomic mass is 16.6. The summed E-state index contributed by atoms with van der Waals surface area (Å²) in [7, 11) is 0. The molecule has 1 aromatic carbocycles. The number of nitrogens with one attached hydrogen (secondary N) is 2. The Hall–Kier alpha value is -2.01. The summed E-state index contributed by atoms with van der Waals surface area (Å²) in [5.41, 5.74) is 0.697. The predicted octanol–water partition coefficient (Wildman–Crippen LogP) is 1.56. The summed E-state index contributed by atoms with van der Waals surface area (Å²) >= 11 is 0. The molecule has 1 amide bonds. The van der Waals surface area contributed by atoms with Gasteiger partial charge in [-0.05, 0) is 19.1 Å². The number of fused-ring (bicyclic) bond motifs is 1. The Morgan fingerprint density at radius 3 is 2.89 bits per heavy atom. The van der Waals surface area contributed by atoms with E-state index in [-0.39, 0.29) is 18.5 Å². The quantitative estimate of drug-likeness (QED) is 0.791. The highest BCUT2D eigenvalue weighted by Crippen LogP contribution is 2.32. The number of anilines is 1. The Morgan fingerprint density at radius 2 is 2.16 bits per heavy atom. The molecular weight excluding hydrogens is 244 g/mol. The van der Waals surface area contributed by atoms with Gasteiger partial charge in [-0.2, -0.15) is 0 Å². The SMILES string of the molecule is C=CC(C)NCC(=O)Nc1ccc2c(c1)OCCO2. The molecule has 0 aliphatic carbocycles. The minimum atomic E-state index is -0.106. The van der Waals surface area contributed by atoms with E-state index in [2.05, 4.69) is 17.2 Å². The number of rotatable bonds is 5. The summed E-state index contributed by atoms with van der Waals surface area (Å²) in [6.45, 7) is 6.91. The zero-order valence-electron chi connectivity index (χ0n) is 10.9. The van der Waals surface area contributed by atoms with Crippen LogP contribution in [0.3, 0.4) is 0 Å². The molecule has 5 heteroatoms. The Labute approximate surface area is 112 Å². The van der Waals surface area contributed by atoms with Gasteiger partial charge in [0.1, 0.15) is 13.2 Å². The van der Waals surface area contributed by atoms with Crippen LogP contribution in [-0.2, 0) is 4.79 Å². The van der Waals surface area contributed by atoms with Gasteiger partial charge in [0, 0.05) is 17.8 Å². The average Bonchev–Trinajstić information content (AvgIpc) is 2.44. The molecule has 0 radical (unpaired) electrons. The van der Waals surface area contributed by atoms with Crippen LogP contribution in [0.5, 0.6) is 11.5 Å². The van der Waals surface area contributed by atoms with E-state index in [9.17, 15) is 4.79 Å². The Kier molecular flexibility index (Phi) is 4.41. The highest BCUT2D eigenvalue weighted by Gasteiger charge is 2.12. The number of hydrogen-bond acceptors (Lipinski definition) is 4. The molecule has 1 unspecified atom stereocenters. The van der Waals surface area contributed by atoms with Crippen molar-refractivity contribution in [1.29, 1.82) is 0 Å². The minimum Gasteiger partial charge on any atom is -0.486 e. The summed E-state index contributed by atoms with van der Waals surface area (Å²) in [6.07, 6.45) is 1.75. The molecule has 1 aliphatic heterocycles. The van der Waals surface area contributed by atoms with Crippen LogP contribution in [0.25, 0.3) is 0 Å². The fourth-order valence-corrected chi connectivity index (χ4v) is 1.66. The molecule has 1 aromatic rings. The molecule has 0 spiro atoms. The van der Waals surface area contributed by atoms with E-state index >= 15 is 0 Å². The normalized spacial score (nSPS) is 14.6. The van der Waals surface area contributed by atoms with Gasteiger partial charge < -0.3 is 20.1 Å². The lowest BCUT2D eigenvalue weighted by molar-refractivity contribution is -0.115. The van der Waals surface area contributed by atoms with Crippen molar-refractivity contribution in [3.63, 3.8) is 0 Å². The van der Waals surface area contributed by atoms with Crippen molar-refractivity contribution >= 4 is 11.6 Å². The van der Waals surface area contributed by atoms with Crippen molar-refractivity contribution in [2.75, 3.05) is 25.1 Å². The molecule has 2 N–H and O–H groups in total. The van der Waals surface area contributed by atoms with Gasteiger partial charge in [-0.15, -0.1) is 6.58 Å². The Balaban J connectivity index is 1.92. The Morgan fingerprint density at radius 1 is 1.42 bits per heavy atom. The standard InChI is InChI=1S/C14H18N2O3/c1-3-10(2)15-9-14(17)16-11-4-5-12-13(8-11)19-7-6-18-12/h3-5,8,10,15H,1,6-7,9H2,2H3,(H,16,17). The zero-order valence-corrected chi connectivity index (χ0v) is 10.9. The lowest BCUT2D eigenvalue weighted by Gasteiger charge is -2.19. The first-order chi connectivity index (χ1) is 9.19. The fourth-order valence-electron chi connectivity index (χ4n) is 1.66. The second-order valence-electron chi connectivity index (χ2n) is 4.31. The van der Waals surface area contributed by atoms with Gasteiger partial charge in [0.15, 0.2) is 11.5 Å². The summed E-state index contributed by atoms with van der Waals surface area (Å²) < 4.78 is 10.9. The van der Waals surface area contributed by atoms with Crippen molar-refractivity contribution in [3.8, 4) is 11.5 Å². The van der Waals surface area contributed by atoms with E-state index in [0.29, 0.717) is 30.4 Å². The first-order valence-corrected chi connectivity index (χ1v) is 6.24. The van der Waals surface area contributed by atoms with Gasteiger partial charge >= 0.3 is 0 Å². The van der Waals surface area contributed by atoms with E-state index in [1.807, 2.05) is 6.92 Å². The zero-order chi connectivity index (χ0) is 13.7. The van der Waals surface area contributed by atoms with Crippen molar-refractivity contribution in [2.45, 2.75) is 13.0 Å². The van der Waals surface area contributed by atoms with E-state index in [0.717, 1.165) is 0 Å². The highest BCUT2D eigenvalue weighted by molar-refractivity contribution is 5.92. The third kappa shape index (κ3) is 3.72. The minimum absolute atomic E-state index is 0.103. The maximum absolute atomic E-state index is 11.7. The van der Waals surface area contributed by atoms with Crippen LogP contribution in [-0.4, -0.2) is 31.7 Å². The molecule has 0 fully saturated rings. The van der Waals surface area contributed by atoms with E-state index < -0.39 is 0 Å². The van der Waals surface area contributed by atoms with Crippen LogP contribution in [0.15, 0.2) is 30.9 Å². The average molecular weight is 262 g/mol. The van der Waals surface area contributed by atoms with Crippen molar-refractivity contribution in [1.82, 2.24) is 5.32 Å². The number of benzene rings is 1. The molecule has 5 nitrogen and oxygen atoms in total. The number of hydrogen-bond donors (Lipinski definition) is 2. The lowest BCUT2D eigenvalue weighted by atomic mass is 10.2. The summed E-state index contributed by atoms with van der Waals surface area (Å²) in [5, 5.41) is 5.83. The number of amides is 1. The molecule has 19 heavy (non-hydrogen) atoms. The monoisotopic (exact) mass is 262 g/mol. The van der Waals surface area contributed by atoms with E-state index in [1.165, 1.54) is 0 Å². The fraction of sp³-hybridized carbons (Fsp3) is 0.357. The van der Waals surface area contributed by atoms with Crippen LogP contribution in [0, 0.1) is 0 Å². The molecule has 0 bridgehead atoms. The van der Waals surface area contributed by atoms with Gasteiger partial charge in [-0.25, -0.2) is 0 Å². The molecule has 102 valence electrons. The van der Waals surface area contributed by atoms with Crippen molar-refractivity contribution in [2.24, 2.45) is 0 Å². The first-order valence-electron chi connectivity index (χ1n) is 6.24. The molecule has 0 saturated carbocycles. The summed E-state index contributed by atoms with van der Waals surface area (Å²) in [5.74, 6) is 1.27. The van der Waals surface area contributed by atoms with E-state index in [4.69, 9.17) is 9.47 Å². The van der Waals surface area contributed by atoms with Crippen LogP contribution >= 0.6 is 0 Å². The second-order valence-corrected chi connectivity index (χ2v) is 4.31. The van der Waals surface area contributed by atoms with Crippen LogP contribution in [0.4, 0.5) is 5.69 Å². The van der Waals surface area contributed by atoms with Crippen LogP contribution in [0.1, 0.15) is 6.92 Å². The third-order valence-electron chi connectivity index (χ3n) is 2.76. The van der Waals surface area contributed by atoms with Gasteiger partial charge in [0.25, 0.3) is 0 Å². The maximum atomic E-state index is 11.7. The molecule has 0 saturated heterocycles. The topological polar surface area (TPSA) is 59.6 Å². The molecular formula is C14H18N2O3. The second kappa shape index (κ2) is 6.24. The molecule has 1 heterocycles. The van der Waals surface area contributed by atoms with Gasteiger partial charge in [0.05, 0.1) is 6.54 Å². The van der Waals surface area contributed by atoms with Crippen LogP contribution < -0.4 is 20.1 Å². The summed E-state index contributed by atoms with van der Waals surface area (Å²) in [4.78, 5) is 11.7. The van der Waals surface area contributed by atoms with Crippen LogP contribution in [0.2, 0.25) is 0 Å². The van der Waals surface area contributed by atoms with E-state index in [1.54, 1.807) is 24.3 Å². The maximum Gasteiger partial charge on any atom is 0.238 e. The number of carbonyl (C=O) groups is 1.